The van der Waals surface area contributed by atoms with Gasteiger partial charge in [0.05, 0.1) is 0 Å². The topological polar surface area (TPSA) is 49.4 Å². The van der Waals surface area contributed by atoms with Crippen LogP contribution in [0.15, 0.2) is 0 Å². The molecule has 114 valence electrons. The summed E-state index contributed by atoms with van der Waals surface area (Å²) in [4.78, 5) is 26.7. The molecule has 1 N–H and O–H groups in total. The van der Waals surface area contributed by atoms with E-state index in [-0.39, 0.29) is 11.8 Å². The van der Waals surface area contributed by atoms with E-state index in [4.69, 9.17) is 0 Å². The maximum Gasteiger partial charge on any atom is 0.248 e. The largest absolute Gasteiger partial charge is 0.342 e. The van der Waals surface area contributed by atoms with E-state index in [0.29, 0.717) is 25.4 Å². The number of amides is 2. The maximum absolute atomic E-state index is 12.9. The molecule has 0 aromatic rings. The molecule has 1 unspecified atom stereocenters. The molecule has 4 heteroatoms. The van der Waals surface area contributed by atoms with Crippen LogP contribution in [0, 0.1) is 0 Å². The van der Waals surface area contributed by atoms with Crippen LogP contribution in [0.4, 0.5) is 0 Å². The highest BCUT2D eigenvalue weighted by Crippen LogP contribution is 2.26. The minimum Gasteiger partial charge on any atom is -0.342 e. The van der Waals surface area contributed by atoms with Crippen molar-refractivity contribution in [2.24, 2.45) is 0 Å². The second-order valence-electron chi connectivity index (χ2n) is 6.48. The Morgan fingerprint density at radius 2 is 1.75 bits per heavy atom. The van der Waals surface area contributed by atoms with Crippen LogP contribution in [0.5, 0.6) is 0 Å². The predicted molar refractivity (Wildman–Crippen MR) is 79.3 cm³/mol. The summed E-state index contributed by atoms with van der Waals surface area (Å²) in [6.45, 7) is 4.43. The lowest BCUT2D eigenvalue weighted by atomic mass is 9.92. The van der Waals surface area contributed by atoms with E-state index >= 15 is 0 Å². The molecule has 1 saturated heterocycles. The number of nitrogens with zero attached hydrogens (tertiary/aromatic N) is 1. The summed E-state index contributed by atoms with van der Waals surface area (Å²) in [5, 5.41) is 2.92. The Morgan fingerprint density at radius 1 is 1.15 bits per heavy atom. The van der Waals surface area contributed by atoms with Crippen LogP contribution in [0.1, 0.15) is 71.6 Å². The average Bonchev–Trinajstić information content (AvgIpc) is 2.49. The van der Waals surface area contributed by atoms with Crippen LogP contribution in [-0.4, -0.2) is 34.8 Å². The minimum atomic E-state index is -0.712. The molecule has 1 aliphatic carbocycles. The van der Waals surface area contributed by atoms with Gasteiger partial charge in [-0.1, -0.05) is 39.0 Å². The second-order valence-corrected chi connectivity index (χ2v) is 6.48. The zero-order valence-electron chi connectivity index (χ0n) is 12.9. The molecular weight excluding hydrogens is 252 g/mol. The van der Waals surface area contributed by atoms with Crippen LogP contribution in [0.3, 0.4) is 0 Å². The van der Waals surface area contributed by atoms with E-state index in [1.54, 1.807) is 0 Å². The number of hydrogen-bond donors (Lipinski definition) is 1. The Bertz CT molecular complexity index is 361. The van der Waals surface area contributed by atoms with Crippen molar-refractivity contribution in [2.75, 3.05) is 6.54 Å². The molecule has 1 heterocycles. The summed E-state index contributed by atoms with van der Waals surface area (Å²) < 4.78 is 0. The van der Waals surface area contributed by atoms with Crippen molar-refractivity contribution in [3.8, 4) is 0 Å². The molecule has 20 heavy (non-hydrogen) atoms. The molecular formula is C16H28N2O2. The highest BCUT2D eigenvalue weighted by Gasteiger charge is 2.41. The molecule has 2 amide bonds. The van der Waals surface area contributed by atoms with Gasteiger partial charge in [0.25, 0.3) is 0 Å². The van der Waals surface area contributed by atoms with Gasteiger partial charge < -0.3 is 10.2 Å². The number of rotatable bonds is 2. The third-order valence-electron chi connectivity index (χ3n) is 4.95. The number of carbonyl (C=O) groups is 2. The Labute approximate surface area is 122 Å². The van der Waals surface area contributed by atoms with E-state index in [2.05, 4.69) is 5.32 Å². The Kier molecular flexibility index (Phi) is 5.06. The summed E-state index contributed by atoms with van der Waals surface area (Å²) in [5.41, 5.74) is -0.712. The van der Waals surface area contributed by atoms with Crippen molar-refractivity contribution in [2.45, 2.75) is 83.2 Å². The van der Waals surface area contributed by atoms with Gasteiger partial charge in [0, 0.05) is 19.0 Å². The van der Waals surface area contributed by atoms with Gasteiger partial charge in [0.2, 0.25) is 11.8 Å². The van der Waals surface area contributed by atoms with Crippen LogP contribution >= 0.6 is 0 Å². The fourth-order valence-electron chi connectivity index (χ4n) is 3.40. The Hall–Kier alpha value is -1.06. The molecule has 1 atom stereocenters. The van der Waals surface area contributed by atoms with Crippen molar-refractivity contribution in [1.82, 2.24) is 10.2 Å². The summed E-state index contributed by atoms with van der Waals surface area (Å²) in [5.74, 6) is 0.132. The van der Waals surface area contributed by atoms with Crippen molar-refractivity contribution in [3.63, 3.8) is 0 Å². The fourth-order valence-corrected chi connectivity index (χ4v) is 3.40. The van der Waals surface area contributed by atoms with Crippen LogP contribution in [0.25, 0.3) is 0 Å². The van der Waals surface area contributed by atoms with E-state index in [9.17, 15) is 9.59 Å². The van der Waals surface area contributed by atoms with Gasteiger partial charge in [-0.15, -0.1) is 0 Å². The quantitative estimate of drug-likeness (QED) is 0.845. The molecule has 4 nitrogen and oxygen atoms in total. The Balaban J connectivity index is 2.15. The number of nitrogens with one attached hydrogen (secondary N) is 1. The van der Waals surface area contributed by atoms with E-state index in [1.165, 1.54) is 32.1 Å². The standard InChI is InChI=1S/C16H28N2O2/c1-3-16(2)15(20)18(12-11-14(19)17-16)13-9-7-5-4-6-8-10-13/h13H,3-12H2,1-2H3,(H,17,19). The molecule has 1 aliphatic heterocycles. The molecule has 0 aromatic heterocycles. The SMILES string of the molecule is CCC1(C)NC(=O)CCN(C2CCCCCCC2)C1=O. The fraction of sp³-hybridized carbons (Fsp3) is 0.875. The van der Waals surface area contributed by atoms with E-state index in [1.807, 2.05) is 18.7 Å². The third-order valence-corrected chi connectivity index (χ3v) is 4.95. The van der Waals surface area contributed by atoms with Crippen molar-refractivity contribution in [1.29, 1.82) is 0 Å². The number of hydrogen-bond acceptors (Lipinski definition) is 2. The zero-order chi connectivity index (χ0) is 14.6. The lowest BCUT2D eigenvalue weighted by Gasteiger charge is -2.37. The van der Waals surface area contributed by atoms with Crippen molar-refractivity contribution >= 4 is 11.8 Å². The second kappa shape index (κ2) is 6.59. The van der Waals surface area contributed by atoms with Gasteiger partial charge >= 0.3 is 0 Å². The van der Waals surface area contributed by atoms with Crippen molar-refractivity contribution in [3.05, 3.63) is 0 Å². The van der Waals surface area contributed by atoms with Gasteiger partial charge in [-0.3, -0.25) is 9.59 Å². The monoisotopic (exact) mass is 280 g/mol. The lowest BCUT2D eigenvalue weighted by molar-refractivity contribution is -0.140. The third kappa shape index (κ3) is 3.33. The minimum absolute atomic E-state index is 0.0102. The van der Waals surface area contributed by atoms with Gasteiger partial charge in [-0.05, 0) is 26.2 Å². The van der Waals surface area contributed by atoms with E-state index in [0.717, 1.165) is 12.8 Å². The predicted octanol–water partition coefficient (Wildman–Crippen LogP) is 2.62. The highest BCUT2D eigenvalue weighted by molar-refractivity contribution is 5.93. The summed E-state index contributed by atoms with van der Waals surface area (Å²) >= 11 is 0. The molecule has 2 rings (SSSR count). The lowest BCUT2D eigenvalue weighted by Crippen LogP contribution is -2.56. The summed E-state index contributed by atoms with van der Waals surface area (Å²) in [7, 11) is 0. The van der Waals surface area contributed by atoms with Crippen LogP contribution in [0.2, 0.25) is 0 Å². The Morgan fingerprint density at radius 3 is 2.35 bits per heavy atom. The van der Waals surface area contributed by atoms with Crippen molar-refractivity contribution < 1.29 is 9.59 Å². The smallest absolute Gasteiger partial charge is 0.248 e. The first kappa shape index (κ1) is 15.3. The normalized spacial score (nSPS) is 30.4. The molecule has 2 aliphatic rings. The van der Waals surface area contributed by atoms with Crippen LogP contribution in [-0.2, 0) is 9.59 Å². The van der Waals surface area contributed by atoms with Gasteiger partial charge in [-0.25, -0.2) is 0 Å². The van der Waals surface area contributed by atoms with Crippen LogP contribution < -0.4 is 5.32 Å². The highest BCUT2D eigenvalue weighted by atomic mass is 16.2. The molecule has 0 radical (unpaired) electrons. The molecule has 0 aromatic carbocycles. The molecule has 1 saturated carbocycles. The molecule has 0 bridgehead atoms. The van der Waals surface area contributed by atoms with E-state index < -0.39 is 5.54 Å². The van der Waals surface area contributed by atoms with Gasteiger partial charge in [-0.2, -0.15) is 0 Å². The zero-order valence-corrected chi connectivity index (χ0v) is 12.9. The maximum atomic E-state index is 12.9. The summed E-state index contributed by atoms with van der Waals surface area (Å²) in [6, 6.07) is 0.335. The average molecular weight is 280 g/mol. The van der Waals surface area contributed by atoms with Gasteiger partial charge in [0.1, 0.15) is 5.54 Å². The number of carbonyl (C=O) groups excluding carboxylic acids is 2. The summed E-state index contributed by atoms with van der Waals surface area (Å²) in [6.07, 6.45) is 9.59. The first-order chi connectivity index (χ1) is 9.57. The first-order valence-corrected chi connectivity index (χ1v) is 8.19. The first-order valence-electron chi connectivity index (χ1n) is 8.19. The van der Waals surface area contributed by atoms with Gasteiger partial charge in [0.15, 0.2) is 0 Å². The molecule has 2 fully saturated rings. The molecule has 0 spiro atoms.